The summed E-state index contributed by atoms with van der Waals surface area (Å²) >= 11 is 1.33. The zero-order chi connectivity index (χ0) is 21.9. The highest BCUT2D eigenvalue weighted by Gasteiger charge is 2.32. The van der Waals surface area contributed by atoms with E-state index in [4.69, 9.17) is 4.74 Å². The van der Waals surface area contributed by atoms with Crippen LogP contribution < -0.4 is 4.74 Å². The number of ether oxygens (including phenoxy) is 1. The molecule has 0 spiro atoms. The van der Waals surface area contributed by atoms with E-state index in [0.29, 0.717) is 17.5 Å². The summed E-state index contributed by atoms with van der Waals surface area (Å²) in [6.45, 7) is 4.96. The molecular weight excluding hydrogens is 424 g/mol. The summed E-state index contributed by atoms with van der Waals surface area (Å²) < 4.78 is 30.7. The van der Waals surface area contributed by atoms with Gasteiger partial charge in [0.2, 0.25) is 5.91 Å². The molecule has 1 saturated heterocycles. The van der Waals surface area contributed by atoms with E-state index in [1.807, 2.05) is 28.8 Å². The topological polar surface area (TPSA) is 94.4 Å². The molecule has 1 aliphatic rings. The highest BCUT2D eigenvalue weighted by atomic mass is 32.2. The molecule has 0 bridgehead atoms. The molecule has 1 aliphatic heterocycles. The average Bonchev–Trinajstić information content (AvgIpc) is 3.27. The number of rotatable bonds is 8. The minimum absolute atomic E-state index is 0.0467. The molecular formula is C20H28N4O4S2. The van der Waals surface area contributed by atoms with Crippen molar-refractivity contribution in [1.29, 1.82) is 0 Å². The standard InChI is InChI=1S/C20H28N4O4S2/c1-14(2)11-24-19(15-5-7-17(28-4)8-6-15)21-22-20(24)29-12-18(25)23(3)16-9-10-30(26,27)13-16/h5-8,14,16H,9-13H2,1-4H3/t16-/m1/s1. The van der Waals surface area contributed by atoms with Crippen molar-refractivity contribution in [2.24, 2.45) is 5.92 Å². The van der Waals surface area contributed by atoms with E-state index in [9.17, 15) is 13.2 Å². The lowest BCUT2D eigenvalue weighted by Gasteiger charge is -2.23. The molecule has 0 radical (unpaired) electrons. The SMILES string of the molecule is COc1ccc(-c2nnc(SCC(=O)N(C)[C@@H]3CCS(=O)(=O)C3)n2CC(C)C)cc1. The van der Waals surface area contributed by atoms with Crippen LogP contribution in [0.5, 0.6) is 5.75 Å². The Labute approximate surface area is 181 Å². The van der Waals surface area contributed by atoms with E-state index in [0.717, 1.165) is 23.7 Å². The number of benzene rings is 1. The first-order valence-corrected chi connectivity index (χ1v) is 12.7. The van der Waals surface area contributed by atoms with Crippen molar-refractivity contribution in [2.75, 3.05) is 31.4 Å². The Morgan fingerprint density at radius 1 is 1.30 bits per heavy atom. The maximum absolute atomic E-state index is 12.6. The zero-order valence-corrected chi connectivity index (χ0v) is 19.4. The summed E-state index contributed by atoms with van der Waals surface area (Å²) in [7, 11) is 0.272. The van der Waals surface area contributed by atoms with Crippen LogP contribution in [0, 0.1) is 5.92 Å². The van der Waals surface area contributed by atoms with Crippen LogP contribution in [-0.2, 0) is 21.2 Å². The number of carbonyl (C=O) groups excluding carboxylic acids is 1. The van der Waals surface area contributed by atoms with Gasteiger partial charge in [-0.25, -0.2) is 8.42 Å². The summed E-state index contributed by atoms with van der Waals surface area (Å²) in [4.78, 5) is 14.2. The Morgan fingerprint density at radius 3 is 2.57 bits per heavy atom. The second-order valence-electron chi connectivity index (χ2n) is 7.89. The number of hydrogen-bond acceptors (Lipinski definition) is 7. The molecule has 1 fully saturated rings. The minimum atomic E-state index is -3.03. The lowest BCUT2D eigenvalue weighted by atomic mass is 10.2. The molecule has 2 aromatic rings. The van der Waals surface area contributed by atoms with Gasteiger partial charge in [-0.2, -0.15) is 0 Å². The smallest absolute Gasteiger partial charge is 0.233 e. The summed E-state index contributed by atoms with van der Waals surface area (Å²) in [6, 6.07) is 7.39. The molecule has 30 heavy (non-hydrogen) atoms. The van der Waals surface area contributed by atoms with Crippen LogP contribution in [-0.4, -0.2) is 71.4 Å². The van der Waals surface area contributed by atoms with Gasteiger partial charge in [-0.1, -0.05) is 25.6 Å². The minimum Gasteiger partial charge on any atom is -0.497 e. The monoisotopic (exact) mass is 452 g/mol. The molecule has 0 N–H and O–H groups in total. The molecule has 1 aromatic heterocycles. The first-order valence-electron chi connectivity index (χ1n) is 9.86. The molecule has 0 unspecified atom stereocenters. The third-order valence-corrected chi connectivity index (χ3v) is 7.79. The van der Waals surface area contributed by atoms with E-state index in [1.54, 1.807) is 19.1 Å². The van der Waals surface area contributed by atoms with Crippen molar-refractivity contribution in [3.63, 3.8) is 0 Å². The highest BCUT2D eigenvalue weighted by Crippen LogP contribution is 2.27. The van der Waals surface area contributed by atoms with Gasteiger partial charge in [0, 0.05) is 25.2 Å². The number of amides is 1. The molecule has 0 saturated carbocycles. The molecule has 1 aromatic carbocycles. The highest BCUT2D eigenvalue weighted by molar-refractivity contribution is 7.99. The first kappa shape index (κ1) is 22.6. The largest absolute Gasteiger partial charge is 0.497 e. The van der Waals surface area contributed by atoms with Crippen LogP contribution in [0.3, 0.4) is 0 Å². The lowest BCUT2D eigenvalue weighted by Crippen LogP contribution is -2.38. The number of carbonyl (C=O) groups is 1. The average molecular weight is 453 g/mol. The fraction of sp³-hybridized carbons (Fsp3) is 0.550. The van der Waals surface area contributed by atoms with Gasteiger partial charge in [0.15, 0.2) is 20.8 Å². The summed E-state index contributed by atoms with van der Waals surface area (Å²) in [5.41, 5.74) is 0.926. The Kier molecular flexibility index (Phi) is 7.07. The van der Waals surface area contributed by atoms with Crippen LogP contribution in [0.15, 0.2) is 29.4 Å². The number of thioether (sulfide) groups is 1. The Bertz CT molecular complexity index is 987. The van der Waals surface area contributed by atoms with Crippen LogP contribution in [0.2, 0.25) is 0 Å². The van der Waals surface area contributed by atoms with Gasteiger partial charge in [0.1, 0.15) is 5.75 Å². The van der Waals surface area contributed by atoms with E-state index < -0.39 is 9.84 Å². The van der Waals surface area contributed by atoms with Crippen molar-refractivity contribution in [1.82, 2.24) is 19.7 Å². The maximum atomic E-state index is 12.6. The summed E-state index contributed by atoms with van der Waals surface area (Å²) in [5.74, 6) is 2.17. The fourth-order valence-corrected chi connectivity index (χ4v) is 6.04. The molecule has 8 nitrogen and oxygen atoms in total. The number of methoxy groups -OCH3 is 1. The summed E-state index contributed by atoms with van der Waals surface area (Å²) in [6.07, 6.45) is 0.500. The van der Waals surface area contributed by atoms with Crippen LogP contribution >= 0.6 is 11.8 Å². The number of hydrogen-bond donors (Lipinski definition) is 0. The Morgan fingerprint density at radius 2 is 2.00 bits per heavy atom. The molecule has 1 atom stereocenters. The van der Waals surface area contributed by atoms with Gasteiger partial charge in [0.05, 0.1) is 24.4 Å². The third kappa shape index (κ3) is 5.34. The Balaban J connectivity index is 1.73. The molecule has 10 heteroatoms. The third-order valence-electron chi connectivity index (χ3n) is 5.09. The quantitative estimate of drug-likeness (QED) is 0.568. The first-order chi connectivity index (χ1) is 14.2. The van der Waals surface area contributed by atoms with Crippen molar-refractivity contribution in [2.45, 2.75) is 38.0 Å². The molecule has 0 aliphatic carbocycles. The van der Waals surface area contributed by atoms with Crippen molar-refractivity contribution in [3.8, 4) is 17.1 Å². The van der Waals surface area contributed by atoms with Crippen LogP contribution in [0.1, 0.15) is 20.3 Å². The number of sulfone groups is 1. The number of aromatic nitrogens is 3. The van der Waals surface area contributed by atoms with E-state index in [1.165, 1.54) is 11.8 Å². The maximum Gasteiger partial charge on any atom is 0.233 e. The van der Waals surface area contributed by atoms with Gasteiger partial charge < -0.3 is 14.2 Å². The van der Waals surface area contributed by atoms with Crippen molar-refractivity contribution in [3.05, 3.63) is 24.3 Å². The summed E-state index contributed by atoms with van der Waals surface area (Å²) in [5, 5.41) is 9.36. The molecule has 164 valence electrons. The number of nitrogens with zero attached hydrogens (tertiary/aromatic N) is 4. The van der Waals surface area contributed by atoms with Gasteiger partial charge in [-0.15, -0.1) is 10.2 Å². The predicted octanol–water partition coefficient (Wildman–Crippen LogP) is 2.35. The van der Waals surface area contributed by atoms with Crippen molar-refractivity contribution < 1.29 is 17.9 Å². The normalized spacial score (nSPS) is 18.0. The van der Waals surface area contributed by atoms with Crippen molar-refractivity contribution >= 4 is 27.5 Å². The second kappa shape index (κ2) is 9.38. The second-order valence-corrected chi connectivity index (χ2v) is 11.1. The molecule has 3 rings (SSSR count). The van der Waals surface area contributed by atoms with Crippen LogP contribution in [0.4, 0.5) is 0 Å². The van der Waals surface area contributed by atoms with Gasteiger partial charge in [-0.05, 0) is 36.6 Å². The zero-order valence-electron chi connectivity index (χ0n) is 17.7. The fourth-order valence-electron chi connectivity index (χ4n) is 3.39. The van der Waals surface area contributed by atoms with E-state index in [-0.39, 0.29) is 29.2 Å². The van der Waals surface area contributed by atoms with E-state index >= 15 is 0 Å². The molecule has 1 amide bonds. The molecule has 2 heterocycles. The van der Waals surface area contributed by atoms with E-state index in [2.05, 4.69) is 24.0 Å². The van der Waals surface area contributed by atoms with Gasteiger partial charge >= 0.3 is 0 Å². The Hall–Kier alpha value is -2.07. The predicted molar refractivity (Wildman–Crippen MR) is 117 cm³/mol. The van der Waals surface area contributed by atoms with Crippen LogP contribution in [0.25, 0.3) is 11.4 Å². The van der Waals surface area contributed by atoms with Gasteiger partial charge in [0.25, 0.3) is 0 Å². The lowest BCUT2D eigenvalue weighted by molar-refractivity contribution is -0.128. The van der Waals surface area contributed by atoms with Gasteiger partial charge in [-0.3, -0.25) is 4.79 Å².